The fourth-order valence-electron chi connectivity index (χ4n) is 1.77. The first kappa shape index (κ1) is 15.9. The van der Waals surface area contributed by atoms with Crippen molar-refractivity contribution < 1.29 is 13.9 Å². The summed E-state index contributed by atoms with van der Waals surface area (Å²) >= 11 is 0. The van der Waals surface area contributed by atoms with E-state index in [4.69, 9.17) is 19.7 Å². The molecular weight excluding hydrogens is 294 g/mol. The van der Waals surface area contributed by atoms with Crippen molar-refractivity contribution >= 4 is 12.0 Å². The number of furan rings is 1. The maximum absolute atomic E-state index is 12.0. The Hall–Kier alpha value is -3.51. The number of carbonyl (C=O) groups is 1. The van der Waals surface area contributed by atoms with Gasteiger partial charge in [0.2, 0.25) is 0 Å². The van der Waals surface area contributed by atoms with Crippen LogP contribution in [0.2, 0.25) is 0 Å². The first-order chi connectivity index (χ1) is 11.2. The second-order valence-corrected chi connectivity index (χ2v) is 4.45. The van der Waals surface area contributed by atoms with Gasteiger partial charge in [0.1, 0.15) is 29.2 Å². The van der Waals surface area contributed by atoms with Gasteiger partial charge < -0.3 is 14.5 Å². The minimum Gasteiger partial charge on any atom is -0.479 e. The number of nitrogens with one attached hydrogen (secondary N) is 1. The molecule has 114 valence electrons. The van der Waals surface area contributed by atoms with Crippen molar-refractivity contribution in [3.8, 4) is 17.9 Å². The van der Waals surface area contributed by atoms with E-state index in [-0.39, 0.29) is 18.7 Å². The summed E-state index contributed by atoms with van der Waals surface area (Å²) in [5.41, 5.74) is 0.668. The molecule has 2 aromatic rings. The second kappa shape index (κ2) is 8.06. The van der Waals surface area contributed by atoms with Gasteiger partial charge in [0.05, 0.1) is 12.8 Å². The van der Waals surface area contributed by atoms with Crippen LogP contribution in [0.25, 0.3) is 6.08 Å². The second-order valence-electron chi connectivity index (χ2n) is 4.45. The molecule has 0 atom stereocenters. The molecule has 6 heteroatoms. The standard InChI is InChI=1S/C17H13N3O3/c18-7-9-23-15-5-3-13(4-6-15)10-14(11-19)17(21)20-12-16-2-1-8-22-16/h1-6,8,10H,9,12H2,(H,20,21)/b14-10+. The Kier molecular flexibility index (Phi) is 5.56. The summed E-state index contributed by atoms with van der Waals surface area (Å²) in [7, 11) is 0. The van der Waals surface area contributed by atoms with E-state index in [1.54, 1.807) is 36.4 Å². The smallest absolute Gasteiger partial charge is 0.262 e. The molecule has 0 aliphatic rings. The highest BCUT2D eigenvalue weighted by molar-refractivity contribution is 6.01. The van der Waals surface area contributed by atoms with Gasteiger partial charge in [-0.2, -0.15) is 10.5 Å². The van der Waals surface area contributed by atoms with Gasteiger partial charge in [-0.05, 0) is 35.9 Å². The third-order valence-electron chi connectivity index (χ3n) is 2.86. The minimum atomic E-state index is -0.478. The normalized spacial score (nSPS) is 10.4. The highest BCUT2D eigenvalue weighted by atomic mass is 16.5. The van der Waals surface area contributed by atoms with Crippen molar-refractivity contribution in [2.24, 2.45) is 0 Å². The van der Waals surface area contributed by atoms with E-state index >= 15 is 0 Å². The first-order valence-electron chi connectivity index (χ1n) is 6.75. The third kappa shape index (κ3) is 4.76. The van der Waals surface area contributed by atoms with Gasteiger partial charge in [-0.3, -0.25) is 4.79 Å². The lowest BCUT2D eigenvalue weighted by Gasteiger charge is -2.03. The molecule has 0 saturated carbocycles. The largest absolute Gasteiger partial charge is 0.479 e. The quantitative estimate of drug-likeness (QED) is 0.652. The summed E-state index contributed by atoms with van der Waals surface area (Å²) in [5.74, 6) is 0.674. The topological polar surface area (TPSA) is 99.0 Å². The molecule has 0 radical (unpaired) electrons. The monoisotopic (exact) mass is 307 g/mol. The van der Waals surface area contributed by atoms with Crippen molar-refractivity contribution in [3.63, 3.8) is 0 Å². The Balaban J connectivity index is 2.01. The molecular formula is C17H13N3O3. The Bertz CT molecular complexity index is 763. The first-order valence-corrected chi connectivity index (χ1v) is 6.75. The molecule has 1 amide bonds. The number of benzene rings is 1. The van der Waals surface area contributed by atoms with Gasteiger partial charge in [-0.25, -0.2) is 0 Å². The average molecular weight is 307 g/mol. The highest BCUT2D eigenvalue weighted by Gasteiger charge is 2.09. The van der Waals surface area contributed by atoms with Crippen molar-refractivity contribution in [3.05, 3.63) is 59.6 Å². The summed E-state index contributed by atoms with van der Waals surface area (Å²) in [4.78, 5) is 12.0. The molecule has 0 spiro atoms. The number of ether oxygens (including phenoxy) is 1. The SMILES string of the molecule is N#CCOc1ccc(/C=C(\C#N)C(=O)NCc2ccco2)cc1. The molecule has 1 heterocycles. The molecule has 23 heavy (non-hydrogen) atoms. The lowest BCUT2D eigenvalue weighted by atomic mass is 10.1. The van der Waals surface area contributed by atoms with Crippen LogP contribution in [-0.4, -0.2) is 12.5 Å². The zero-order valence-corrected chi connectivity index (χ0v) is 12.2. The number of hydrogen-bond acceptors (Lipinski definition) is 5. The molecule has 2 rings (SSSR count). The summed E-state index contributed by atoms with van der Waals surface area (Å²) < 4.78 is 10.2. The average Bonchev–Trinajstić information content (AvgIpc) is 3.10. The fourth-order valence-corrected chi connectivity index (χ4v) is 1.77. The van der Waals surface area contributed by atoms with Crippen LogP contribution in [0.4, 0.5) is 0 Å². The minimum absolute atomic E-state index is 0.0118. The number of amides is 1. The molecule has 0 fully saturated rings. The van der Waals surface area contributed by atoms with E-state index in [0.717, 1.165) is 0 Å². The number of carbonyl (C=O) groups excluding carboxylic acids is 1. The Labute approximate surface area is 133 Å². The predicted octanol–water partition coefficient (Wildman–Crippen LogP) is 2.41. The highest BCUT2D eigenvalue weighted by Crippen LogP contribution is 2.14. The lowest BCUT2D eigenvalue weighted by molar-refractivity contribution is -0.117. The van der Waals surface area contributed by atoms with Crippen LogP contribution < -0.4 is 10.1 Å². The predicted molar refractivity (Wildman–Crippen MR) is 81.7 cm³/mol. The molecule has 1 N–H and O–H groups in total. The molecule has 0 aliphatic carbocycles. The van der Waals surface area contributed by atoms with Crippen LogP contribution in [0.3, 0.4) is 0 Å². The van der Waals surface area contributed by atoms with Crippen LogP contribution in [-0.2, 0) is 11.3 Å². The molecule has 0 bridgehead atoms. The van der Waals surface area contributed by atoms with Crippen LogP contribution in [0, 0.1) is 22.7 Å². The van der Waals surface area contributed by atoms with Crippen LogP contribution in [0.1, 0.15) is 11.3 Å². The van der Waals surface area contributed by atoms with Crippen LogP contribution >= 0.6 is 0 Å². The maximum Gasteiger partial charge on any atom is 0.262 e. The van der Waals surface area contributed by atoms with Gasteiger partial charge in [0.25, 0.3) is 5.91 Å². The molecule has 6 nitrogen and oxygen atoms in total. The van der Waals surface area contributed by atoms with Gasteiger partial charge in [0, 0.05) is 0 Å². The van der Waals surface area contributed by atoms with Crippen molar-refractivity contribution in [2.75, 3.05) is 6.61 Å². The number of hydrogen-bond donors (Lipinski definition) is 1. The van der Waals surface area contributed by atoms with Gasteiger partial charge in [-0.15, -0.1) is 0 Å². The number of rotatable bonds is 6. The van der Waals surface area contributed by atoms with Crippen molar-refractivity contribution in [1.29, 1.82) is 10.5 Å². The summed E-state index contributed by atoms with van der Waals surface area (Å²) in [6.45, 7) is 0.180. The van der Waals surface area contributed by atoms with E-state index in [0.29, 0.717) is 17.1 Å². The number of nitriles is 2. The van der Waals surface area contributed by atoms with E-state index in [1.807, 2.05) is 12.1 Å². The Morgan fingerprint density at radius 1 is 1.26 bits per heavy atom. The van der Waals surface area contributed by atoms with E-state index in [2.05, 4.69) is 5.32 Å². The molecule has 0 aliphatic heterocycles. The zero-order chi connectivity index (χ0) is 16.5. The van der Waals surface area contributed by atoms with E-state index in [1.165, 1.54) is 12.3 Å². The molecule has 0 saturated heterocycles. The molecule has 1 aromatic heterocycles. The summed E-state index contributed by atoms with van der Waals surface area (Å²) in [5, 5.41) is 20.2. The van der Waals surface area contributed by atoms with Gasteiger partial charge in [-0.1, -0.05) is 12.1 Å². The van der Waals surface area contributed by atoms with Gasteiger partial charge >= 0.3 is 0 Å². The van der Waals surface area contributed by atoms with Crippen LogP contribution in [0.15, 0.2) is 52.7 Å². The molecule has 0 unspecified atom stereocenters. The Morgan fingerprint density at radius 3 is 2.65 bits per heavy atom. The molecule has 1 aromatic carbocycles. The van der Waals surface area contributed by atoms with Crippen LogP contribution in [0.5, 0.6) is 5.75 Å². The van der Waals surface area contributed by atoms with Gasteiger partial charge in [0.15, 0.2) is 6.61 Å². The Morgan fingerprint density at radius 2 is 2.04 bits per heavy atom. The van der Waals surface area contributed by atoms with Crippen molar-refractivity contribution in [2.45, 2.75) is 6.54 Å². The maximum atomic E-state index is 12.0. The van der Waals surface area contributed by atoms with Crippen molar-refractivity contribution in [1.82, 2.24) is 5.32 Å². The summed E-state index contributed by atoms with van der Waals surface area (Å²) in [6.07, 6.45) is 2.99. The zero-order valence-electron chi connectivity index (χ0n) is 12.2. The van der Waals surface area contributed by atoms with E-state index < -0.39 is 5.91 Å². The fraction of sp³-hybridized carbons (Fsp3) is 0.118. The number of nitrogens with zero attached hydrogens (tertiary/aromatic N) is 2. The lowest BCUT2D eigenvalue weighted by Crippen LogP contribution is -2.23. The van der Waals surface area contributed by atoms with E-state index in [9.17, 15) is 4.79 Å². The summed E-state index contributed by atoms with van der Waals surface area (Å²) in [6, 6.07) is 13.9. The third-order valence-corrected chi connectivity index (χ3v) is 2.86.